The number of amides is 3. The van der Waals surface area contributed by atoms with Crippen molar-refractivity contribution in [2.24, 2.45) is 11.7 Å². The number of carboxylic acid groups (broad SMARTS) is 1. The lowest BCUT2D eigenvalue weighted by atomic mass is 10.0. The molecule has 0 radical (unpaired) electrons. The van der Waals surface area contributed by atoms with Gasteiger partial charge in [0.15, 0.2) is 0 Å². The zero-order valence-corrected chi connectivity index (χ0v) is 14.5. The van der Waals surface area contributed by atoms with E-state index in [1.54, 1.807) is 13.8 Å². The van der Waals surface area contributed by atoms with Gasteiger partial charge >= 0.3 is 5.97 Å². The molecule has 12 nitrogen and oxygen atoms in total. The predicted molar refractivity (Wildman–Crippen MR) is 87.5 cm³/mol. The van der Waals surface area contributed by atoms with Crippen LogP contribution in [0.1, 0.15) is 13.8 Å². The second-order valence-electron chi connectivity index (χ2n) is 5.85. The number of carbonyl (C=O) groups excluding carboxylic acids is 3. The molecule has 0 bridgehead atoms. The highest BCUT2D eigenvalue weighted by atomic mass is 16.4. The van der Waals surface area contributed by atoms with Gasteiger partial charge in [-0.3, -0.25) is 14.4 Å². The van der Waals surface area contributed by atoms with E-state index < -0.39 is 73.6 Å². The summed E-state index contributed by atoms with van der Waals surface area (Å²) in [5.74, 6) is -4.53. The minimum absolute atomic E-state index is 0.420. The van der Waals surface area contributed by atoms with E-state index >= 15 is 0 Å². The Balaban J connectivity index is 5.04. The molecule has 0 saturated heterocycles. The van der Waals surface area contributed by atoms with Crippen molar-refractivity contribution in [2.45, 2.75) is 38.0 Å². The molecule has 0 spiro atoms. The molecule has 0 aliphatic heterocycles. The van der Waals surface area contributed by atoms with Crippen molar-refractivity contribution in [1.29, 1.82) is 0 Å². The Morgan fingerprint density at radius 2 is 1.31 bits per heavy atom. The SMILES string of the molecule is CC(C)[C@H](NC(=O)[C@@H](N)CO)C(=O)N[C@@H](CO)C(=O)N[C@@H](CO)C(=O)O. The van der Waals surface area contributed by atoms with Crippen LogP contribution >= 0.6 is 0 Å². The van der Waals surface area contributed by atoms with Gasteiger partial charge in [-0.05, 0) is 5.92 Å². The van der Waals surface area contributed by atoms with Crippen LogP contribution in [0.15, 0.2) is 0 Å². The average molecular weight is 378 g/mol. The number of carboxylic acids is 1. The van der Waals surface area contributed by atoms with Gasteiger partial charge in [0, 0.05) is 0 Å². The van der Waals surface area contributed by atoms with Gasteiger partial charge in [-0.1, -0.05) is 13.8 Å². The molecule has 0 aromatic rings. The second kappa shape index (κ2) is 11.4. The number of aliphatic hydroxyl groups is 3. The number of aliphatic hydroxyl groups excluding tert-OH is 3. The highest BCUT2D eigenvalue weighted by Crippen LogP contribution is 2.03. The molecular weight excluding hydrogens is 352 g/mol. The largest absolute Gasteiger partial charge is 0.480 e. The van der Waals surface area contributed by atoms with Gasteiger partial charge in [0.25, 0.3) is 0 Å². The third kappa shape index (κ3) is 7.31. The third-order valence-electron chi connectivity index (χ3n) is 3.39. The summed E-state index contributed by atoms with van der Waals surface area (Å²) >= 11 is 0. The minimum atomic E-state index is -1.60. The normalized spacial score (nSPS) is 15.5. The van der Waals surface area contributed by atoms with E-state index in [9.17, 15) is 24.3 Å². The van der Waals surface area contributed by atoms with Crippen molar-refractivity contribution in [2.75, 3.05) is 19.8 Å². The first-order valence-electron chi connectivity index (χ1n) is 7.81. The Hall–Kier alpha value is -2.28. The van der Waals surface area contributed by atoms with Gasteiger partial charge < -0.3 is 42.1 Å². The Kier molecular flexibility index (Phi) is 10.4. The Bertz CT molecular complexity index is 513. The van der Waals surface area contributed by atoms with Gasteiger partial charge in [-0.15, -0.1) is 0 Å². The fourth-order valence-electron chi connectivity index (χ4n) is 1.79. The van der Waals surface area contributed by atoms with Crippen LogP contribution in [0.2, 0.25) is 0 Å². The zero-order valence-electron chi connectivity index (χ0n) is 14.5. The molecule has 4 atom stereocenters. The number of rotatable bonds is 11. The van der Waals surface area contributed by atoms with Crippen molar-refractivity contribution in [3.63, 3.8) is 0 Å². The molecule has 0 fully saturated rings. The van der Waals surface area contributed by atoms with E-state index in [-0.39, 0.29) is 0 Å². The topological polar surface area (TPSA) is 211 Å². The Morgan fingerprint density at radius 1 is 0.808 bits per heavy atom. The van der Waals surface area contributed by atoms with Gasteiger partial charge in [0.05, 0.1) is 19.8 Å². The molecule has 0 unspecified atom stereocenters. The molecule has 0 aliphatic rings. The molecule has 0 heterocycles. The highest BCUT2D eigenvalue weighted by molar-refractivity contribution is 5.94. The van der Waals surface area contributed by atoms with Crippen LogP contribution in [0, 0.1) is 5.92 Å². The maximum atomic E-state index is 12.3. The molecule has 0 rings (SSSR count). The molecule has 0 aromatic heterocycles. The summed E-state index contributed by atoms with van der Waals surface area (Å²) in [5, 5.41) is 42.3. The maximum Gasteiger partial charge on any atom is 0.328 e. The molecular formula is C14H26N4O8. The van der Waals surface area contributed by atoms with E-state index in [2.05, 4.69) is 10.6 Å². The lowest BCUT2D eigenvalue weighted by Crippen LogP contribution is -2.59. The van der Waals surface area contributed by atoms with Crippen LogP contribution in [-0.2, 0) is 19.2 Å². The standard InChI is InChI=1S/C14H26N4O8/c1-6(2)10(18-11(22)7(15)3-19)13(24)16-8(4-20)12(23)17-9(5-21)14(25)26/h6-10,19-21H,3-5,15H2,1-2H3,(H,16,24)(H,17,23)(H,18,22)(H,25,26)/t7-,8-,9-,10-/m0/s1. The average Bonchev–Trinajstić information content (AvgIpc) is 2.59. The number of aliphatic carboxylic acids is 1. The molecule has 0 aromatic carbocycles. The van der Waals surface area contributed by atoms with Crippen LogP contribution in [-0.4, -0.2) is 88.1 Å². The number of hydrogen-bond donors (Lipinski definition) is 8. The number of hydrogen-bond acceptors (Lipinski definition) is 8. The monoisotopic (exact) mass is 378 g/mol. The lowest BCUT2D eigenvalue weighted by Gasteiger charge is -2.25. The van der Waals surface area contributed by atoms with Gasteiger partial charge in [-0.25, -0.2) is 4.79 Å². The van der Waals surface area contributed by atoms with E-state index in [0.717, 1.165) is 0 Å². The second-order valence-corrected chi connectivity index (χ2v) is 5.85. The van der Waals surface area contributed by atoms with E-state index in [0.29, 0.717) is 0 Å². The van der Waals surface area contributed by atoms with Crippen molar-refractivity contribution < 1.29 is 39.6 Å². The van der Waals surface area contributed by atoms with Crippen LogP contribution in [0.4, 0.5) is 0 Å². The summed E-state index contributed by atoms with van der Waals surface area (Å²) in [4.78, 5) is 46.8. The van der Waals surface area contributed by atoms with E-state index in [1.807, 2.05) is 5.32 Å². The zero-order chi connectivity index (χ0) is 20.4. The Morgan fingerprint density at radius 3 is 1.69 bits per heavy atom. The first-order chi connectivity index (χ1) is 12.1. The molecule has 0 aliphatic carbocycles. The molecule has 12 heteroatoms. The van der Waals surface area contributed by atoms with Gasteiger partial charge in [0.2, 0.25) is 17.7 Å². The molecule has 0 saturated carbocycles. The summed E-state index contributed by atoms with van der Waals surface area (Å²) in [6.45, 7) is 0.864. The predicted octanol–water partition coefficient (Wildman–Crippen LogP) is -4.51. The van der Waals surface area contributed by atoms with E-state index in [1.165, 1.54) is 0 Å². The van der Waals surface area contributed by atoms with Gasteiger partial charge in [0.1, 0.15) is 24.2 Å². The molecule has 150 valence electrons. The van der Waals surface area contributed by atoms with Crippen molar-refractivity contribution >= 4 is 23.7 Å². The van der Waals surface area contributed by atoms with Crippen LogP contribution in [0.5, 0.6) is 0 Å². The lowest BCUT2D eigenvalue weighted by molar-refractivity contribution is -0.143. The van der Waals surface area contributed by atoms with Crippen LogP contribution in [0.25, 0.3) is 0 Å². The first-order valence-corrected chi connectivity index (χ1v) is 7.81. The summed E-state index contributed by atoms with van der Waals surface area (Å²) in [7, 11) is 0. The maximum absolute atomic E-state index is 12.3. The smallest absolute Gasteiger partial charge is 0.328 e. The summed E-state index contributed by atoms with van der Waals surface area (Å²) in [6, 6.07) is -5.45. The highest BCUT2D eigenvalue weighted by Gasteiger charge is 2.31. The quantitative estimate of drug-likeness (QED) is 0.174. The van der Waals surface area contributed by atoms with Crippen LogP contribution in [0.3, 0.4) is 0 Å². The molecule has 3 amide bonds. The third-order valence-corrected chi connectivity index (χ3v) is 3.39. The van der Waals surface area contributed by atoms with E-state index in [4.69, 9.17) is 21.1 Å². The number of nitrogens with one attached hydrogen (secondary N) is 3. The first kappa shape index (κ1) is 23.7. The minimum Gasteiger partial charge on any atom is -0.480 e. The number of nitrogens with two attached hydrogens (primary N) is 1. The summed E-state index contributed by atoms with van der Waals surface area (Å²) in [6.07, 6.45) is 0. The summed E-state index contributed by atoms with van der Waals surface area (Å²) in [5.41, 5.74) is 5.36. The van der Waals surface area contributed by atoms with Crippen molar-refractivity contribution in [1.82, 2.24) is 16.0 Å². The van der Waals surface area contributed by atoms with Crippen LogP contribution < -0.4 is 21.7 Å². The fourth-order valence-corrected chi connectivity index (χ4v) is 1.79. The van der Waals surface area contributed by atoms with Gasteiger partial charge in [-0.2, -0.15) is 0 Å². The number of carbonyl (C=O) groups is 4. The van der Waals surface area contributed by atoms with Crippen molar-refractivity contribution in [3.05, 3.63) is 0 Å². The molecule has 9 N–H and O–H groups in total. The summed E-state index contributed by atoms with van der Waals surface area (Å²) < 4.78 is 0. The van der Waals surface area contributed by atoms with Crippen molar-refractivity contribution in [3.8, 4) is 0 Å². The molecule has 26 heavy (non-hydrogen) atoms. The Labute approximate surface area is 149 Å². The fraction of sp³-hybridized carbons (Fsp3) is 0.714.